The molecule has 0 aliphatic carbocycles. The summed E-state index contributed by atoms with van der Waals surface area (Å²) in [5, 5.41) is -3.97. The van der Waals surface area contributed by atoms with Crippen LogP contribution in [0.1, 0.15) is 6.42 Å². The highest BCUT2D eigenvalue weighted by Crippen LogP contribution is 2.20. The molecule has 0 bridgehead atoms. The molecule has 14 heavy (non-hydrogen) atoms. The predicted octanol–water partition coefficient (Wildman–Crippen LogP) is 2.01. The molecule has 3 nitrogen and oxygen atoms in total. The van der Waals surface area contributed by atoms with E-state index in [0.29, 0.717) is 0 Å². The van der Waals surface area contributed by atoms with Gasteiger partial charge in [0, 0.05) is 19.4 Å². The number of esters is 1. The van der Waals surface area contributed by atoms with Crippen molar-refractivity contribution >= 4 is 29.2 Å². The van der Waals surface area contributed by atoms with Gasteiger partial charge in [0.1, 0.15) is 0 Å². The van der Waals surface area contributed by atoms with E-state index in [0.717, 1.165) is 0 Å². The topological polar surface area (TPSA) is 35.5 Å². The van der Waals surface area contributed by atoms with Gasteiger partial charge in [-0.1, -0.05) is 0 Å². The van der Waals surface area contributed by atoms with Crippen molar-refractivity contribution in [1.82, 2.24) is 0 Å². The van der Waals surface area contributed by atoms with E-state index >= 15 is 0 Å². The number of hydrogen-bond acceptors (Lipinski definition) is 3. The molecule has 0 aromatic carbocycles. The number of hydrogen-bond donors (Lipinski definition) is 0. The van der Waals surface area contributed by atoms with Gasteiger partial charge in [-0.15, -0.1) is 11.6 Å². The van der Waals surface area contributed by atoms with Gasteiger partial charge in [-0.3, -0.25) is 0 Å². The van der Waals surface area contributed by atoms with Crippen LogP contribution < -0.4 is 0 Å². The minimum Gasteiger partial charge on any atom is -0.460 e. The molecule has 0 radical (unpaired) electrons. The summed E-state index contributed by atoms with van der Waals surface area (Å²) < 4.78 is 33.1. The van der Waals surface area contributed by atoms with Crippen molar-refractivity contribution in [2.75, 3.05) is 19.6 Å². The van der Waals surface area contributed by atoms with Crippen molar-refractivity contribution in [2.45, 2.75) is 17.9 Å². The van der Waals surface area contributed by atoms with Gasteiger partial charge in [0.25, 0.3) is 0 Å². The predicted molar refractivity (Wildman–Crippen MR) is 47.9 cm³/mol. The van der Waals surface area contributed by atoms with Gasteiger partial charge in [0.2, 0.25) is 0 Å². The van der Waals surface area contributed by atoms with Crippen molar-refractivity contribution < 1.29 is 23.0 Å². The Hall–Kier alpha value is -0.130. The molecule has 0 aromatic heterocycles. The highest BCUT2D eigenvalue weighted by molar-refractivity contribution is 6.31. The van der Waals surface area contributed by atoms with Crippen LogP contribution in [0.25, 0.3) is 0 Å². The standard InChI is InChI=1S/C7H10Cl2F2O3/c1-13-5(4-8)2-3-14-6(12)7(9,10)11/h5H,2-4H2,1H3. The maximum absolute atomic E-state index is 12.0. The van der Waals surface area contributed by atoms with Crippen molar-refractivity contribution in [3.63, 3.8) is 0 Å². The molecule has 1 atom stereocenters. The lowest BCUT2D eigenvalue weighted by Crippen LogP contribution is -2.26. The zero-order valence-electron chi connectivity index (χ0n) is 7.44. The molecule has 0 aliphatic rings. The fourth-order valence-corrected chi connectivity index (χ4v) is 0.958. The van der Waals surface area contributed by atoms with Crippen molar-refractivity contribution in [3.8, 4) is 0 Å². The van der Waals surface area contributed by atoms with E-state index in [9.17, 15) is 13.6 Å². The molecule has 0 aromatic rings. The molecule has 0 rings (SSSR count). The van der Waals surface area contributed by atoms with E-state index in [4.69, 9.17) is 16.3 Å². The first-order chi connectivity index (χ1) is 6.41. The van der Waals surface area contributed by atoms with E-state index < -0.39 is 11.4 Å². The van der Waals surface area contributed by atoms with Crippen molar-refractivity contribution in [1.29, 1.82) is 0 Å². The third kappa shape index (κ3) is 5.57. The van der Waals surface area contributed by atoms with Crippen LogP contribution in [0.2, 0.25) is 0 Å². The monoisotopic (exact) mass is 250 g/mol. The van der Waals surface area contributed by atoms with Gasteiger partial charge in [0.15, 0.2) is 0 Å². The molecule has 0 N–H and O–H groups in total. The Morgan fingerprint density at radius 1 is 1.57 bits per heavy atom. The summed E-state index contributed by atoms with van der Waals surface area (Å²) in [7, 11) is 1.42. The Bertz CT molecular complexity index is 180. The summed E-state index contributed by atoms with van der Waals surface area (Å²) in [5.41, 5.74) is 0. The van der Waals surface area contributed by atoms with Crippen LogP contribution in [0.4, 0.5) is 8.78 Å². The minimum absolute atomic E-state index is 0.200. The first-order valence-electron chi connectivity index (χ1n) is 3.74. The van der Waals surface area contributed by atoms with Gasteiger partial charge in [-0.25, -0.2) is 4.79 Å². The molecule has 0 spiro atoms. The smallest absolute Gasteiger partial charge is 0.417 e. The van der Waals surface area contributed by atoms with Crippen LogP contribution in [-0.4, -0.2) is 37.1 Å². The second-order valence-corrected chi connectivity index (χ2v) is 3.22. The second kappa shape index (κ2) is 6.37. The van der Waals surface area contributed by atoms with E-state index in [1.54, 1.807) is 0 Å². The number of halogens is 4. The van der Waals surface area contributed by atoms with Gasteiger partial charge in [-0.05, 0) is 11.6 Å². The zero-order chi connectivity index (χ0) is 11.2. The summed E-state index contributed by atoms with van der Waals surface area (Å²) in [5.74, 6) is -1.56. The average molecular weight is 251 g/mol. The molecule has 0 saturated carbocycles. The van der Waals surface area contributed by atoms with Crippen LogP contribution in [0.5, 0.6) is 0 Å². The average Bonchev–Trinajstić information content (AvgIpc) is 2.10. The third-order valence-corrected chi connectivity index (χ3v) is 1.91. The number of methoxy groups -OCH3 is 1. The zero-order valence-corrected chi connectivity index (χ0v) is 8.95. The van der Waals surface area contributed by atoms with E-state index in [1.807, 2.05) is 0 Å². The number of ether oxygens (including phenoxy) is 2. The van der Waals surface area contributed by atoms with Gasteiger partial charge >= 0.3 is 11.4 Å². The molecule has 0 fully saturated rings. The minimum atomic E-state index is -3.97. The summed E-state index contributed by atoms with van der Waals surface area (Å²) in [6, 6.07) is 0. The first-order valence-corrected chi connectivity index (χ1v) is 4.65. The quantitative estimate of drug-likeness (QED) is 0.535. The summed E-state index contributed by atoms with van der Waals surface area (Å²) in [6.07, 6.45) is -0.0768. The van der Waals surface area contributed by atoms with Gasteiger partial charge in [0.05, 0.1) is 12.7 Å². The lowest BCUT2D eigenvalue weighted by Gasteiger charge is -2.12. The van der Waals surface area contributed by atoms with Crippen molar-refractivity contribution in [2.24, 2.45) is 0 Å². The molecule has 84 valence electrons. The van der Waals surface area contributed by atoms with Gasteiger partial charge in [-0.2, -0.15) is 8.78 Å². The second-order valence-electron chi connectivity index (χ2n) is 2.43. The molecule has 0 saturated heterocycles. The molecule has 0 amide bonds. The van der Waals surface area contributed by atoms with Gasteiger partial charge < -0.3 is 9.47 Å². The third-order valence-electron chi connectivity index (χ3n) is 1.41. The Morgan fingerprint density at radius 3 is 2.50 bits per heavy atom. The number of carbonyl (C=O) groups excluding carboxylic acids is 1. The SMILES string of the molecule is COC(CCl)CCOC(=O)C(F)(F)Cl. The maximum atomic E-state index is 12.0. The lowest BCUT2D eigenvalue weighted by molar-refractivity contribution is -0.161. The molecule has 0 heterocycles. The highest BCUT2D eigenvalue weighted by atomic mass is 35.5. The van der Waals surface area contributed by atoms with Crippen molar-refractivity contribution in [3.05, 3.63) is 0 Å². The molecular formula is C7H10Cl2F2O3. The fraction of sp³-hybridized carbons (Fsp3) is 0.857. The van der Waals surface area contributed by atoms with E-state index in [1.165, 1.54) is 7.11 Å². The fourth-order valence-electron chi connectivity index (χ4n) is 0.623. The molecule has 0 aliphatic heterocycles. The largest absolute Gasteiger partial charge is 0.460 e. The Labute approximate surface area is 90.3 Å². The molecule has 7 heteroatoms. The Balaban J connectivity index is 3.69. The maximum Gasteiger partial charge on any atom is 0.417 e. The lowest BCUT2D eigenvalue weighted by atomic mass is 10.3. The number of carbonyl (C=O) groups is 1. The Morgan fingerprint density at radius 2 is 2.14 bits per heavy atom. The van der Waals surface area contributed by atoms with E-state index in [-0.39, 0.29) is 25.0 Å². The van der Waals surface area contributed by atoms with Crippen LogP contribution in [-0.2, 0) is 14.3 Å². The summed E-state index contributed by atoms with van der Waals surface area (Å²) >= 11 is 9.83. The van der Waals surface area contributed by atoms with Crippen LogP contribution in [0.3, 0.4) is 0 Å². The first kappa shape index (κ1) is 13.9. The highest BCUT2D eigenvalue weighted by Gasteiger charge is 2.37. The Kier molecular flexibility index (Phi) is 6.31. The van der Waals surface area contributed by atoms with E-state index in [2.05, 4.69) is 16.3 Å². The summed E-state index contributed by atoms with van der Waals surface area (Å²) in [4.78, 5) is 10.4. The number of rotatable bonds is 6. The molecular weight excluding hydrogens is 241 g/mol. The van der Waals surface area contributed by atoms with Crippen LogP contribution >= 0.6 is 23.2 Å². The number of alkyl halides is 4. The summed E-state index contributed by atoms with van der Waals surface area (Å²) in [6.45, 7) is -0.202. The normalized spacial score (nSPS) is 13.8. The van der Waals surface area contributed by atoms with Crippen LogP contribution in [0.15, 0.2) is 0 Å². The molecule has 1 unspecified atom stereocenters. The van der Waals surface area contributed by atoms with Crippen LogP contribution in [0, 0.1) is 0 Å².